The molecule has 0 amide bonds. The zero-order valence-electron chi connectivity index (χ0n) is 13.3. The van der Waals surface area contributed by atoms with E-state index in [1.165, 1.54) is 33.4 Å². The first-order chi connectivity index (χ1) is 10.8. The maximum Gasteiger partial charge on any atom is 0.0280 e. The minimum absolute atomic E-state index is 1.02. The van der Waals surface area contributed by atoms with Gasteiger partial charge in [0.25, 0.3) is 0 Å². The van der Waals surface area contributed by atoms with E-state index >= 15 is 0 Å². The third kappa shape index (κ3) is 3.08. The largest absolute Gasteiger partial charge is 0.101 e. The quantitative estimate of drug-likeness (QED) is 0.632. The molecule has 2 aromatic carbocycles. The summed E-state index contributed by atoms with van der Waals surface area (Å²) in [4.78, 5) is 0. The van der Waals surface area contributed by atoms with Crippen LogP contribution in [0.5, 0.6) is 0 Å². The van der Waals surface area contributed by atoms with E-state index in [2.05, 4.69) is 60.1 Å². The molecule has 0 saturated carbocycles. The molecular weight excluding hydrogens is 264 g/mol. The lowest BCUT2D eigenvalue weighted by atomic mass is 9.91. The molecule has 0 heterocycles. The highest BCUT2D eigenvalue weighted by Crippen LogP contribution is 2.21. The molecule has 0 unspecified atom stereocenters. The van der Waals surface area contributed by atoms with Crippen LogP contribution in [0.4, 0.5) is 0 Å². The average Bonchev–Trinajstić information content (AvgIpc) is 2.52. The Morgan fingerprint density at radius 3 is 1.50 bits per heavy atom. The van der Waals surface area contributed by atoms with Crippen LogP contribution in [0.25, 0.3) is 0 Å². The molecule has 0 saturated heterocycles. The summed E-state index contributed by atoms with van der Waals surface area (Å²) in [5.74, 6) is 12.7. The number of aryl methyl sites for hydroxylation is 4. The van der Waals surface area contributed by atoms with Crippen LogP contribution in [-0.2, 0) is 25.7 Å². The van der Waals surface area contributed by atoms with Gasteiger partial charge >= 0.3 is 0 Å². The highest BCUT2D eigenvalue weighted by Gasteiger charge is 2.09. The second-order valence-corrected chi connectivity index (χ2v) is 5.73. The molecule has 108 valence electrons. The topological polar surface area (TPSA) is 0 Å². The van der Waals surface area contributed by atoms with E-state index in [0.717, 1.165) is 25.7 Å². The molecule has 0 aliphatic heterocycles. The van der Waals surface area contributed by atoms with Crippen LogP contribution in [0.15, 0.2) is 36.4 Å². The molecule has 2 aromatic rings. The van der Waals surface area contributed by atoms with E-state index in [1.54, 1.807) is 0 Å². The second kappa shape index (κ2) is 6.55. The van der Waals surface area contributed by atoms with Gasteiger partial charge in [0, 0.05) is 11.1 Å². The van der Waals surface area contributed by atoms with Crippen LogP contribution in [0.3, 0.4) is 0 Å². The molecule has 0 atom stereocenters. The Morgan fingerprint density at radius 1 is 0.636 bits per heavy atom. The third-order valence-electron chi connectivity index (χ3n) is 4.23. The molecule has 0 aromatic heterocycles. The molecule has 4 bridgehead atoms. The highest BCUT2D eigenvalue weighted by atomic mass is 14.1. The van der Waals surface area contributed by atoms with Gasteiger partial charge < -0.3 is 0 Å². The van der Waals surface area contributed by atoms with E-state index in [0.29, 0.717) is 0 Å². The number of rotatable bonds is 0. The SMILES string of the molecule is CC#Cc1cc2ccc1CCc1ccc(cc1C#CC)CC2. The molecular formula is C22H20. The van der Waals surface area contributed by atoms with Crippen molar-refractivity contribution in [2.45, 2.75) is 39.5 Å². The lowest BCUT2D eigenvalue weighted by Gasteiger charge is -2.13. The van der Waals surface area contributed by atoms with Gasteiger partial charge in [-0.3, -0.25) is 0 Å². The van der Waals surface area contributed by atoms with Crippen LogP contribution < -0.4 is 0 Å². The van der Waals surface area contributed by atoms with Crippen molar-refractivity contribution in [2.75, 3.05) is 0 Å². The number of benzene rings is 2. The average molecular weight is 284 g/mol. The van der Waals surface area contributed by atoms with Gasteiger partial charge in [0.15, 0.2) is 0 Å². The van der Waals surface area contributed by atoms with E-state index in [1.807, 2.05) is 13.8 Å². The fourth-order valence-electron chi connectivity index (χ4n) is 3.05. The Bertz CT molecular complexity index is 745. The van der Waals surface area contributed by atoms with Gasteiger partial charge in [-0.05, 0) is 73.9 Å². The maximum atomic E-state index is 3.27. The summed E-state index contributed by atoms with van der Waals surface area (Å²) in [7, 11) is 0. The smallest absolute Gasteiger partial charge is 0.0280 e. The van der Waals surface area contributed by atoms with Crippen molar-refractivity contribution in [2.24, 2.45) is 0 Å². The summed E-state index contributed by atoms with van der Waals surface area (Å²) in [6, 6.07) is 13.6. The molecule has 0 spiro atoms. The third-order valence-corrected chi connectivity index (χ3v) is 4.23. The summed E-state index contributed by atoms with van der Waals surface area (Å²) >= 11 is 0. The minimum Gasteiger partial charge on any atom is -0.101 e. The van der Waals surface area contributed by atoms with Crippen molar-refractivity contribution in [1.82, 2.24) is 0 Å². The molecule has 6 rings (SSSR count). The molecule has 0 N–H and O–H groups in total. The van der Waals surface area contributed by atoms with Crippen LogP contribution in [0, 0.1) is 23.7 Å². The molecule has 0 heteroatoms. The van der Waals surface area contributed by atoms with Crippen molar-refractivity contribution in [3.05, 3.63) is 69.8 Å². The van der Waals surface area contributed by atoms with Crippen LogP contribution in [0.2, 0.25) is 0 Å². The van der Waals surface area contributed by atoms with Crippen molar-refractivity contribution < 1.29 is 0 Å². The molecule has 0 fully saturated rings. The lowest BCUT2D eigenvalue weighted by molar-refractivity contribution is 0.915. The number of hydrogen-bond donors (Lipinski definition) is 0. The first-order valence-electron chi connectivity index (χ1n) is 7.89. The molecule has 22 heavy (non-hydrogen) atoms. The summed E-state index contributed by atoms with van der Waals surface area (Å²) < 4.78 is 0. The summed E-state index contributed by atoms with van der Waals surface area (Å²) in [6.45, 7) is 3.82. The van der Waals surface area contributed by atoms with E-state index < -0.39 is 0 Å². The molecule has 4 aliphatic carbocycles. The zero-order valence-corrected chi connectivity index (χ0v) is 13.3. The Labute approximate surface area is 133 Å². The van der Waals surface area contributed by atoms with Gasteiger partial charge in [0.2, 0.25) is 0 Å². The van der Waals surface area contributed by atoms with Crippen LogP contribution >= 0.6 is 0 Å². The molecule has 4 aliphatic rings. The zero-order chi connectivity index (χ0) is 15.4. The second-order valence-electron chi connectivity index (χ2n) is 5.73. The van der Waals surface area contributed by atoms with Gasteiger partial charge in [-0.25, -0.2) is 0 Å². The normalized spacial score (nSPS) is 12.5. The van der Waals surface area contributed by atoms with Crippen LogP contribution in [-0.4, -0.2) is 0 Å². The molecule has 0 nitrogen and oxygen atoms in total. The van der Waals surface area contributed by atoms with Gasteiger partial charge in [0.05, 0.1) is 0 Å². The van der Waals surface area contributed by atoms with Gasteiger partial charge in [-0.2, -0.15) is 0 Å². The first-order valence-corrected chi connectivity index (χ1v) is 7.89. The van der Waals surface area contributed by atoms with Gasteiger partial charge in [0.1, 0.15) is 0 Å². The van der Waals surface area contributed by atoms with Crippen molar-refractivity contribution in [3.63, 3.8) is 0 Å². The standard InChI is InChI=1S/C22H20/c1-3-5-21-15-17-7-8-18-10-12-20(22(16-18)6-4-2)14-13-19(21)11-9-17/h9-12,15-16H,7-8,13-14H2,1-2H3. The van der Waals surface area contributed by atoms with Crippen molar-refractivity contribution in [3.8, 4) is 23.7 Å². The summed E-state index contributed by atoms with van der Waals surface area (Å²) in [6.07, 6.45) is 4.14. The Kier molecular flexibility index (Phi) is 4.32. The minimum atomic E-state index is 1.02. The van der Waals surface area contributed by atoms with Crippen molar-refractivity contribution in [1.29, 1.82) is 0 Å². The predicted octanol–water partition coefficient (Wildman–Crippen LogP) is 4.31. The van der Waals surface area contributed by atoms with Gasteiger partial charge in [-0.1, -0.05) is 36.1 Å². The fourth-order valence-corrected chi connectivity index (χ4v) is 3.05. The lowest BCUT2D eigenvalue weighted by Crippen LogP contribution is -2.02. The number of hydrogen-bond acceptors (Lipinski definition) is 0. The van der Waals surface area contributed by atoms with E-state index in [-0.39, 0.29) is 0 Å². The first kappa shape index (κ1) is 14.5. The summed E-state index contributed by atoms with van der Waals surface area (Å²) in [5, 5.41) is 0. The monoisotopic (exact) mass is 284 g/mol. The predicted molar refractivity (Wildman–Crippen MR) is 92.8 cm³/mol. The van der Waals surface area contributed by atoms with Crippen LogP contribution in [0.1, 0.15) is 47.2 Å². The van der Waals surface area contributed by atoms with E-state index in [9.17, 15) is 0 Å². The van der Waals surface area contributed by atoms with Gasteiger partial charge in [-0.15, -0.1) is 11.8 Å². The molecule has 0 radical (unpaired) electrons. The van der Waals surface area contributed by atoms with Crippen molar-refractivity contribution >= 4 is 0 Å². The van der Waals surface area contributed by atoms with E-state index in [4.69, 9.17) is 0 Å². The Balaban J connectivity index is 2.06. The Hall–Kier alpha value is -2.44. The fraction of sp³-hybridized carbons (Fsp3) is 0.273. The highest BCUT2D eigenvalue weighted by molar-refractivity contribution is 5.48. The maximum absolute atomic E-state index is 3.27. The Morgan fingerprint density at radius 2 is 1.09 bits per heavy atom. The summed E-state index contributed by atoms with van der Waals surface area (Å²) in [5.41, 5.74) is 7.82.